The van der Waals surface area contributed by atoms with E-state index in [2.05, 4.69) is 9.98 Å². The van der Waals surface area contributed by atoms with E-state index in [1.54, 1.807) is 6.20 Å². The number of aromatic nitrogens is 1. The summed E-state index contributed by atoms with van der Waals surface area (Å²) in [6.07, 6.45) is 2.46. The molecule has 3 N–H and O–H groups in total. The van der Waals surface area contributed by atoms with Crippen LogP contribution >= 0.6 is 24.0 Å². The molecule has 0 radical (unpaired) electrons. The molecule has 7 heteroatoms. The second-order valence-corrected chi connectivity index (χ2v) is 4.87. The van der Waals surface area contributed by atoms with Crippen molar-refractivity contribution in [1.82, 2.24) is 9.88 Å². The molecule has 118 valence electrons. The molecule has 1 saturated heterocycles. The SMILES string of the molecule is I.NC(=NCC(CO)Cc1ccccn1)N1CCOCC1. The lowest BCUT2D eigenvalue weighted by Crippen LogP contribution is -2.45. The number of guanidine groups is 1. The van der Waals surface area contributed by atoms with E-state index >= 15 is 0 Å². The Labute approximate surface area is 142 Å². The average Bonchev–Trinajstić information content (AvgIpc) is 2.53. The summed E-state index contributed by atoms with van der Waals surface area (Å²) in [5.74, 6) is 0.581. The first-order chi connectivity index (χ1) is 9.79. The fraction of sp³-hybridized carbons (Fsp3) is 0.571. The number of aliphatic hydroxyl groups is 1. The zero-order valence-electron chi connectivity index (χ0n) is 12.0. The highest BCUT2D eigenvalue weighted by atomic mass is 127. The molecule has 1 aromatic heterocycles. The van der Waals surface area contributed by atoms with Crippen molar-refractivity contribution in [2.75, 3.05) is 39.5 Å². The van der Waals surface area contributed by atoms with Crippen molar-refractivity contribution in [2.45, 2.75) is 6.42 Å². The van der Waals surface area contributed by atoms with Crippen LogP contribution in [0.15, 0.2) is 29.4 Å². The van der Waals surface area contributed by atoms with Gasteiger partial charge in [-0.05, 0) is 18.6 Å². The van der Waals surface area contributed by atoms with Crippen LogP contribution < -0.4 is 5.73 Å². The van der Waals surface area contributed by atoms with Gasteiger partial charge in [-0.3, -0.25) is 9.98 Å². The Hall–Kier alpha value is -0.930. The molecule has 1 atom stereocenters. The number of hydrogen-bond donors (Lipinski definition) is 2. The number of ether oxygens (including phenoxy) is 1. The number of nitrogens with two attached hydrogens (primary N) is 1. The fourth-order valence-electron chi connectivity index (χ4n) is 2.12. The number of aliphatic imine (C=N–C) groups is 1. The van der Waals surface area contributed by atoms with Crippen molar-refractivity contribution in [3.05, 3.63) is 30.1 Å². The van der Waals surface area contributed by atoms with E-state index < -0.39 is 0 Å². The van der Waals surface area contributed by atoms with Crippen LogP contribution in [0.3, 0.4) is 0 Å². The third-order valence-corrected chi connectivity index (χ3v) is 3.33. The van der Waals surface area contributed by atoms with Crippen molar-refractivity contribution in [2.24, 2.45) is 16.6 Å². The lowest BCUT2D eigenvalue weighted by molar-refractivity contribution is 0.0673. The van der Waals surface area contributed by atoms with Gasteiger partial charge in [-0.25, -0.2) is 0 Å². The van der Waals surface area contributed by atoms with Gasteiger partial charge in [0.2, 0.25) is 0 Å². The normalized spacial score (nSPS) is 17.2. The summed E-state index contributed by atoms with van der Waals surface area (Å²) in [7, 11) is 0. The highest BCUT2D eigenvalue weighted by molar-refractivity contribution is 14.0. The van der Waals surface area contributed by atoms with Crippen LogP contribution in [0.5, 0.6) is 0 Å². The van der Waals surface area contributed by atoms with Gasteiger partial charge >= 0.3 is 0 Å². The first-order valence-electron chi connectivity index (χ1n) is 6.93. The van der Waals surface area contributed by atoms with Gasteiger partial charge < -0.3 is 20.5 Å². The van der Waals surface area contributed by atoms with Gasteiger partial charge in [0.25, 0.3) is 0 Å². The molecule has 1 aliphatic heterocycles. The summed E-state index contributed by atoms with van der Waals surface area (Å²) >= 11 is 0. The fourth-order valence-corrected chi connectivity index (χ4v) is 2.12. The molecule has 0 aromatic carbocycles. The largest absolute Gasteiger partial charge is 0.396 e. The molecule has 1 aliphatic rings. The Balaban J connectivity index is 0.00000220. The molecular weight excluding hydrogens is 383 g/mol. The van der Waals surface area contributed by atoms with Crippen LogP contribution in [0.25, 0.3) is 0 Å². The molecule has 0 bridgehead atoms. The van der Waals surface area contributed by atoms with Gasteiger partial charge in [-0.15, -0.1) is 24.0 Å². The molecular formula is C14H23IN4O2. The smallest absolute Gasteiger partial charge is 0.191 e. The van der Waals surface area contributed by atoms with Crippen LogP contribution in [-0.4, -0.2) is 60.4 Å². The van der Waals surface area contributed by atoms with Crippen LogP contribution in [-0.2, 0) is 11.2 Å². The second kappa shape index (κ2) is 9.91. The first kappa shape index (κ1) is 18.1. The van der Waals surface area contributed by atoms with E-state index in [0.717, 1.165) is 18.8 Å². The lowest BCUT2D eigenvalue weighted by Gasteiger charge is -2.27. The van der Waals surface area contributed by atoms with Gasteiger partial charge in [-0.2, -0.15) is 0 Å². The quantitative estimate of drug-likeness (QED) is 0.423. The highest BCUT2D eigenvalue weighted by Crippen LogP contribution is 2.07. The van der Waals surface area contributed by atoms with E-state index in [9.17, 15) is 5.11 Å². The number of nitrogens with zero attached hydrogens (tertiary/aromatic N) is 3. The van der Waals surface area contributed by atoms with Crippen molar-refractivity contribution in [1.29, 1.82) is 0 Å². The molecule has 0 spiro atoms. The van der Waals surface area contributed by atoms with Crippen LogP contribution in [0.1, 0.15) is 5.69 Å². The Morgan fingerprint density at radius 2 is 2.19 bits per heavy atom. The molecule has 0 saturated carbocycles. The van der Waals surface area contributed by atoms with Crippen LogP contribution in [0.4, 0.5) is 0 Å². The standard InChI is InChI=1S/C14H22N4O2.HI/c15-14(18-5-7-20-8-6-18)17-10-12(11-19)9-13-3-1-2-4-16-13;/h1-4,12,19H,5-11H2,(H2,15,17);1H. The minimum Gasteiger partial charge on any atom is -0.396 e. The minimum atomic E-state index is 0. The molecule has 2 heterocycles. The van der Waals surface area contributed by atoms with Crippen LogP contribution in [0.2, 0.25) is 0 Å². The highest BCUT2D eigenvalue weighted by Gasteiger charge is 2.14. The molecule has 0 amide bonds. The monoisotopic (exact) mass is 406 g/mol. The molecule has 2 rings (SSSR count). The van der Waals surface area contributed by atoms with Gasteiger partial charge in [0, 0.05) is 44.0 Å². The molecule has 0 aliphatic carbocycles. The Kier molecular flexibility index (Phi) is 8.55. The number of pyridine rings is 1. The maximum atomic E-state index is 9.44. The maximum Gasteiger partial charge on any atom is 0.191 e. The first-order valence-corrected chi connectivity index (χ1v) is 6.93. The Morgan fingerprint density at radius 3 is 2.81 bits per heavy atom. The Morgan fingerprint density at radius 1 is 1.43 bits per heavy atom. The van der Waals surface area contributed by atoms with Crippen molar-refractivity contribution in [3.63, 3.8) is 0 Å². The van der Waals surface area contributed by atoms with Gasteiger partial charge in [0.15, 0.2) is 5.96 Å². The third-order valence-electron chi connectivity index (χ3n) is 3.33. The van der Waals surface area contributed by atoms with Crippen LogP contribution in [0, 0.1) is 5.92 Å². The predicted octanol–water partition coefficient (Wildman–Crippen LogP) is 0.498. The van der Waals surface area contributed by atoms with E-state index in [1.807, 2.05) is 23.1 Å². The van der Waals surface area contributed by atoms with Gasteiger partial charge in [0.05, 0.1) is 13.2 Å². The van der Waals surface area contributed by atoms with Gasteiger partial charge in [-0.1, -0.05) is 6.07 Å². The van der Waals surface area contributed by atoms with Gasteiger partial charge in [0.1, 0.15) is 0 Å². The van der Waals surface area contributed by atoms with Crippen molar-refractivity contribution < 1.29 is 9.84 Å². The van der Waals surface area contributed by atoms with E-state index in [0.29, 0.717) is 32.1 Å². The second-order valence-electron chi connectivity index (χ2n) is 4.87. The zero-order chi connectivity index (χ0) is 14.2. The Bertz CT molecular complexity index is 424. The molecule has 1 aromatic rings. The van der Waals surface area contributed by atoms with E-state index in [4.69, 9.17) is 10.5 Å². The van der Waals surface area contributed by atoms with Crippen molar-refractivity contribution in [3.8, 4) is 0 Å². The number of morpholine rings is 1. The predicted molar refractivity (Wildman–Crippen MR) is 92.8 cm³/mol. The summed E-state index contributed by atoms with van der Waals surface area (Å²) in [6, 6.07) is 5.78. The summed E-state index contributed by atoms with van der Waals surface area (Å²) in [6.45, 7) is 3.52. The number of hydrogen-bond acceptors (Lipinski definition) is 4. The lowest BCUT2D eigenvalue weighted by atomic mass is 10.0. The zero-order valence-corrected chi connectivity index (χ0v) is 14.3. The average molecular weight is 406 g/mol. The van der Waals surface area contributed by atoms with Crippen molar-refractivity contribution >= 4 is 29.9 Å². The molecule has 6 nitrogen and oxygen atoms in total. The minimum absolute atomic E-state index is 0. The number of rotatable bonds is 5. The summed E-state index contributed by atoms with van der Waals surface area (Å²) < 4.78 is 5.28. The van der Waals surface area contributed by atoms with E-state index in [1.165, 1.54) is 0 Å². The topological polar surface area (TPSA) is 84.0 Å². The number of halogens is 1. The summed E-state index contributed by atoms with van der Waals surface area (Å²) in [5.41, 5.74) is 6.93. The maximum absolute atomic E-state index is 9.44. The molecule has 21 heavy (non-hydrogen) atoms. The molecule has 1 fully saturated rings. The van der Waals surface area contributed by atoms with E-state index in [-0.39, 0.29) is 36.5 Å². The number of aliphatic hydroxyl groups excluding tert-OH is 1. The third kappa shape index (κ3) is 6.15. The summed E-state index contributed by atoms with van der Waals surface area (Å²) in [5, 5.41) is 9.44. The summed E-state index contributed by atoms with van der Waals surface area (Å²) in [4.78, 5) is 10.7. The molecule has 1 unspecified atom stereocenters.